The molecular formula is C16H21N3O2. The summed E-state index contributed by atoms with van der Waals surface area (Å²) in [5.74, 6) is -0.0508. The molecular weight excluding hydrogens is 266 g/mol. The third kappa shape index (κ3) is 2.20. The van der Waals surface area contributed by atoms with Crippen LogP contribution in [-0.2, 0) is 9.59 Å². The summed E-state index contributed by atoms with van der Waals surface area (Å²) in [4.78, 5) is 31.4. The van der Waals surface area contributed by atoms with Crippen molar-refractivity contribution < 1.29 is 9.59 Å². The van der Waals surface area contributed by atoms with Gasteiger partial charge in [-0.05, 0) is 38.8 Å². The number of nitrogens with one attached hydrogen (secondary N) is 1. The first-order valence-corrected chi connectivity index (χ1v) is 7.62. The fourth-order valence-electron chi connectivity index (χ4n) is 3.46. The van der Waals surface area contributed by atoms with Crippen molar-refractivity contribution in [2.75, 3.05) is 4.90 Å². The minimum absolute atomic E-state index is 0.0189. The van der Waals surface area contributed by atoms with Crippen molar-refractivity contribution in [3.05, 3.63) is 24.0 Å². The molecule has 2 amide bonds. The van der Waals surface area contributed by atoms with E-state index < -0.39 is 11.6 Å². The summed E-state index contributed by atoms with van der Waals surface area (Å²) >= 11 is 0. The van der Waals surface area contributed by atoms with Crippen molar-refractivity contribution >= 4 is 17.5 Å². The summed E-state index contributed by atoms with van der Waals surface area (Å²) < 4.78 is 0. The first kappa shape index (κ1) is 14.0. The molecule has 0 aromatic carbocycles. The molecule has 1 spiro atoms. The zero-order valence-electron chi connectivity index (χ0n) is 12.6. The van der Waals surface area contributed by atoms with E-state index in [1.165, 1.54) is 0 Å². The second-order valence-electron chi connectivity index (χ2n) is 6.09. The number of aromatic nitrogens is 1. The molecule has 2 fully saturated rings. The first-order valence-electron chi connectivity index (χ1n) is 7.62. The van der Waals surface area contributed by atoms with Gasteiger partial charge in [0.1, 0.15) is 11.6 Å². The lowest BCUT2D eigenvalue weighted by molar-refractivity contribution is -0.139. The van der Waals surface area contributed by atoms with Gasteiger partial charge >= 0.3 is 0 Å². The number of piperazine rings is 1. The standard InChI is InChI=1S/C16H21N3O2/c1-11-13(7-6-10-17-11)19-12(2)14(20)18-16(15(19)21)8-4-3-5-9-16/h6-7,10,12H,3-5,8-9H2,1-2H3,(H,18,20). The second kappa shape index (κ2) is 5.13. The molecule has 1 saturated carbocycles. The Bertz CT molecular complexity index is 579. The number of aryl methyl sites for hydroxylation is 1. The van der Waals surface area contributed by atoms with Gasteiger partial charge in [0.15, 0.2) is 0 Å². The van der Waals surface area contributed by atoms with Gasteiger partial charge in [-0.25, -0.2) is 0 Å². The average Bonchev–Trinajstić information content (AvgIpc) is 2.48. The molecule has 1 aliphatic heterocycles. The highest BCUT2D eigenvalue weighted by atomic mass is 16.2. The Balaban J connectivity index is 2.03. The highest BCUT2D eigenvalue weighted by molar-refractivity contribution is 6.10. The third-order valence-corrected chi connectivity index (χ3v) is 4.70. The zero-order chi connectivity index (χ0) is 15.0. The van der Waals surface area contributed by atoms with Crippen molar-refractivity contribution in [3.8, 4) is 0 Å². The summed E-state index contributed by atoms with van der Waals surface area (Å²) in [6.07, 6.45) is 6.28. The molecule has 0 radical (unpaired) electrons. The van der Waals surface area contributed by atoms with Crippen LogP contribution in [0, 0.1) is 6.92 Å². The summed E-state index contributed by atoms with van der Waals surface area (Å²) in [6.45, 7) is 3.64. The number of hydrogen-bond acceptors (Lipinski definition) is 3. The Morgan fingerprint density at radius 1 is 1.29 bits per heavy atom. The van der Waals surface area contributed by atoms with Crippen LogP contribution in [0.1, 0.15) is 44.7 Å². The van der Waals surface area contributed by atoms with E-state index in [0.29, 0.717) is 0 Å². The van der Waals surface area contributed by atoms with Crippen LogP contribution in [0.15, 0.2) is 18.3 Å². The Morgan fingerprint density at radius 2 is 2.00 bits per heavy atom. The molecule has 1 aliphatic carbocycles. The quantitative estimate of drug-likeness (QED) is 0.858. The Kier molecular flexibility index (Phi) is 3.43. The van der Waals surface area contributed by atoms with Crippen LogP contribution in [-0.4, -0.2) is 28.4 Å². The number of hydrogen-bond donors (Lipinski definition) is 1. The molecule has 1 saturated heterocycles. The van der Waals surface area contributed by atoms with Crippen LogP contribution in [0.2, 0.25) is 0 Å². The summed E-state index contributed by atoms with van der Waals surface area (Å²) in [5.41, 5.74) is 0.817. The first-order chi connectivity index (χ1) is 10.1. The molecule has 1 aromatic heterocycles. The third-order valence-electron chi connectivity index (χ3n) is 4.70. The molecule has 2 aliphatic rings. The number of pyridine rings is 1. The van der Waals surface area contributed by atoms with Crippen LogP contribution >= 0.6 is 0 Å². The maximum absolute atomic E-state index is 13.1. The normalized spacial score (nSPS) is 25.0. The SMILES string of the molecule is Cc1ncccc1N1C(=O)C2(CCCCC2)NC(=O)C1C. The molecule has 5 heteroatoms. The fraction of sp³-hybridized carbons (Fsp3) is 0.562. The van der Waals surface area contributed by atoms with E-state index in [4.69, 9.17) is 0 Å². The molecule has 0 bridgehead atoms. The number of amides is 2. The second-order valence-corrected chi connectivity index (χ2v) is 6.09. The van der Waals surface area contributed by atoms with Gasteiger partial charge in [0, 0.05) is 6.20 Å². The maximum atomic E-state index is 13.1. The van der Waals surface area contributed by atoms with E-state index in [1.807, 2.05) is 19.1 Å². The minimum Gasteiger partial charge on any atom is -0.340 e. The van der Waals surface area contributed by atoms with E-state index in [2.05, 4.69) is 10.3 Å². The Labute approximate surface area is 124 Å². The largest absolute Gasteiger partial charge is 0.340 e. The molecule has 112 valence electrons. The Hall–Kier alpha value is -1.91. The van der Waals surface area contributed by atoms with Crippen molar-refractivity contribution in [1.82, 2.24) is 10.3 Å². The van der Waals surface area contributed by atoms with Crippen molar-refractivity contribution in [1.29, 1.82) is 0 Å². The van der Waals surface area contributed by atoms with Gasteiger partial charge in [-0.3, -0.25) is 19.5 Å². The topological polar surface area (TPSA) is 62.3 Å². The van der Waals surface area contributed by atoms with Gasteiger partial charge < -0.3 is 5.32 Å². The van der Waals surface area contributed by atoms with Gasteiger partial charge in [-0.2, -0.15) is 0 Å². The number of anilines is 1. The highest BCUT2D eigenvalue weighted by Crippen LogP contribution is 2.35. The fourth-order valence-corrected chi connectivity index (χ4v) is 3.46. The van der Waals surface area contributed by atoms with Crippen LogP contribution in [0.4, 0.5) is 5.69 Å². The monoisotopic (exact) mass is 287 g/mol. The Morgan fingerprint density at radius 3 is 2.67 bits per heavy atom. The molecule has 1 unspecified atom stereocenters. The highest BCUT2D eigenvalue weighted by Gasteiger charge is 2.50. The van der Waals surface area contributed by atoms with Gasteiger partial charge in [-0.1, -0.05) is 19.3 Å². The summed E-state index contributed by atoms with van der Waals surface area (Å²) in [5, 5.41) is 3.00. The lowest BCUT2D eigenvalue weighted by Gasteiger charge is -2.47. The molecule has 5 nitrogen and oxygen atoms in total. The van der Waals surface area contributed by atoms with Crippen LogP contribution in [0.3, 0.4) is 0 Å². The molecule has 1 aromatic rings. The lowest BCUT2D eigenvalue weighted by Crippen LogP contribution is -2.70. The molecule has 3 rings (SSSR count). The van der Waals surface area contributed by atoms with E-state index in [-0.39, 0.29) is 11.8 Å². The maximum Gasteiger partial charge on any atom is 0.253 e. The molecule has 1 atom stereocenters. The van der Waals surface area contributed by atoms with E-state index in [1.54, 1.807) is 18.0 Å². The van der Waals surface area contributed by atoms with Crippen molar-refractivity contribution in [2.24, 2.45) is 0 Å². The van der Waals surface area contributed by atoms with Gasteiger partial charge in [-0.15, -0.1) is 0 Å². The van der Waals surface area contributed by atoms with Gasteiger partial charge in [0.05, 0.1) is 11.4 Å². The molecule has 1 N–H and O–H groups in total. The number of rotatable bonds is 1. The van der Waals surface area contributed by atoms with E-state index >= 15 is 0 Å². The van der Waals surface area contributed by atoms with Crippen LogP contribution < -0.4 is 10.2 Å². The van der Waals surface area contributed by atoms with E-state index in [0.717, 1.165) is 43.5 Å². The molecule has 21 heavy (non-hydrogen) atoms. The number of carbonyl (C=O) groups is 2. The number of carbonyl (C=O) groups excluding carboxylic acids is 2. The predicted octanol–water partition coefficient (Wildman–Crippen LogP) is 1.94. The van der Waals surface area contributed by atoms with Crippen molar-refractivity contribution in [3.63, 3.8) is 0 Å². The smallest absolute Gasteiger partial charge is 0.253 e. The zero-order valence-corrected chi connectivity index (χ0v) is 12.6. The summed E-state index contributed by atoms with van der Waals surface area (Å²) in [7, 11) is 0. The number of nitrogens with zero attached hydrogens (tertiary/aromatic N) is 2. The predicted molar refractivity (Wildman–Crippen MR) is 79.9 cm³/mol. The van der Waals surface area contributed by atoms with Gasteiger partial charge in [0.25, 0.3) is 5.91 Å². The van der Waals surface area contributed by atoms with Gasteiger partial charge in [0.2, 0.25) is 5.91 Å². The minimum atomic E-state index is -0.704. The lowest BCUT2D eigenvalue weighted by atomic mass is 9.78. The summed E-state index contributed by atoms with van der Waals surface area (Å²) in [6, 6.07) is 3.18. The average molecular weight is 287 g/mol. The van der Waals surface area contributed by atoms with Crippen molar-refractivity contribution in [2.45, 2.75) is 57.5 Å². The van der Waals surface area contributed by atoms with Crippen LogP contribution in [0.5, 0.6) is 0 Å². The van der Waals surface area contributed by atoms with E-state index in [9.17, 15) is 9.59 Å². The van der Waals surface area contributed by atoms with Crippen LogP contribution in [0.25, 0.3) is 0 Å². The molecule has 2 heterocycles.